The Morgan fingerprint density at radius 3 is 1.47 bits per heavy atom. The van der Waals surface area contributed by atoms with Crippen molar-refractivity contribution < 1.29 is 13.7 Å². The average Bonchev–Trinajstić information content (AvgIpc) is 2.61. The topological polar surface area (TPSA) is 0 Å². The van der Waals surface area contributed by atoms with Gasteiger partial charge >= 0.3 is 0 Å². The van der Waals surface area contributed by atoms with Crippen LogP contribution in [0.4, 0.5) is 0 Å². The SMILES string of the molecule is [2H]c1c([2H])c([2H])c([Si](C)(c2c([2H])c([2H])c([2H])c([2H])c2[2H])C(C)C)c([2H])c1[2H]. The Bertz CT molecular complexity index is 810. The minimum atomic E-state index is -3.33. The highest BCUT2D eigenvalue weighted by Crippen LogP contribution is 2.20. The lowest BCUT2D eigenvalue weighted by Crippen LogP contribution is -2.57. The van der Waals surface area contributed by atoms with Gasteiger partial charge in [-0.1, -0.05) is 91.2 Å². The highest BCUT2D eigenvalue weighted by molar-refractivity contribution is 7.02. The quantitative estimate of drug-likeness (QED) is 0.733. The van der Waals surface area contributed by atoms with Gasteiger partial charge in [-0.05, 0) is 5.54 Å². The van der Waals surface area contributed by atoms with Crippen LogP contribution < -0.4 is 10.4 Å². The van der Waals surface area contributed by atoms with Crippen LogP contribution in [0.25, 0.3) is 0 Å². The Balaban J connectivity index is 3.10. The summed E-state index contributed by atoms with van der Waals surface area (Å²) in [6.45, 7) is 5.26. The van der Waals surface area contributed by atoms with Gasteiger partial charge in [0.1, 0.15) is 8.07 Å². The second-order valence-electron chi connectivity index (χ2n) is 4.36. The van der Waals surface area contributed by atoms with E-state index in [9.17, 15) is 0 Å². The van der Waals surface area contributed by atoms with E-state index < -0.39 is 44.3 Å². The summed E-state index contributed by atoms with van der Waals surface area (Å²) < 4.78 is 80.8. The summed E-state index contributed by atoms with van der Waals surface area (Å²) in [6, 6.07) is -4.51. The molecule has 0 heterocycles. The molecule has 2 aromatic rings. The molecule has 0 aliphatic carbocycles. The van der Waals surface area contributed by atoms with Gasteiger partial charge in [0.25, 0.3) is 0 Å². The zero-order chi connectivity index (χ0) is 21.0. The summed E-state index contributed by atoms with van der Waals surface area (Å²) in [6.07, 6.45) is 0. The first kappa shape index (κ1) is 4.73. The van der Waals surface area contributed by atoms with Crippen LogP contribution in [-0.4, -0.2) is 8.07 Å². The second kappa shape index (κ2) is 4.88. The molecule has 0 aromatic heterocycles. The summed E-state index contributed by atoms with van der Waals surface area (Å²) in [5.74, 6) is 0. The molecule has 0 bridgehead atoms. The molecule has 1 heteroatoms. The predicted octanol–water partition coefficient (Wildman–Crippen LogP) is 3.29. The molecule has 0 radical (unpaired) electrons. The van der Waals surface area contributed by atoms with Gasteiger partial charge in [0.2, 0.25) is 0 Å². The minimum absolute atomic E-state index is 0.0574. The molecular weight excluding hydrogens is 220 g/mol. The highest BCUT2D eigenvalue weighted by atomic mass is 28.3. The normalized spacial score (nSPS) is 20.0. The van der Waals surface area contributed by atoms with Crippen LogP contribution in [0.15, 0.2) is 60.4 Å². The van der Waals surface area contributed by atoms with Gasteiger partial charge in [-0.2, -0.15) is 0 Å². The van der Waals surface area contributed by atoms with Gasteiger partial charge in [-0.25, -0.2) is 0 Å². The molecule has 0 atom stereocenters. The molecule has 0 spiro atoms. The van der Waals surface area contributed by atoms with Gasteiger partial charge in [0, 0.05) is 0 Å². The van der Waals surface area contributed by atoms with Crippen LogP contribution in [0, 0.1) is 0 Å². The number of rotatable bonds is 3. The lowest BCUT2D eigenvalue weighted by atomic mass is 10.4. The van der Waals surface area contributed by atoms with E-state index in [1.807, 2.05) is 0 Å². The van der Waals surface area contributed by atoms with Crippen LogP contribution in [0.2, 0.25) is 12.1 Å². The maximum absolute atomic E-state index is 8.33. The molecule has 0 N–H and O–H groups in total. The van der Waals surface area contributed by atoms with Crippen LogP contribution in [-0.2, 0) is 0 Å². The van der Waals surface area contributed by atoms with Crippen molar-refractivity contribution in [3.05, 3.63) is 60.4 Å². The van der Waals surface area contributed by atoms with E-state index in [0.717, 1.165) is 0 Å². The third-order valence-electron chi connectivity index (χ3n) is 3.19. The molecule has 0 unspecified atom stereocenters. The molecule has 0 nitrogen and oxygen atoms in total. The Kier molecular flexibility index (Phi) is 1.36. The number of hydrogen-bond donors (Lipinski definition) is 0. The first-order chi connectivity index (χ1) is 12.3. The van der Waals surface area contributed by atoms with E-state index in [-0.39, 0.29) is 40.1 Å². The minimum Gasteiger partial charge on any atom is -0.0646 e. The Morgan fingerprint density at radius 1 is 0.824 bits per heavy atom. The van der Waals surface area contributed by atoms with Crippen LogP contribution in [0.5, 0.6) is 0 Å². The molecule has 17 heavy (non-hydrogen) atoms. The zero-order valence-electron chi connectivity index (χ0n) is 20.1. The molecule has 88 valence electrons. The van der Waals surface area contributed by atoms with E-state index >= 15 is 0 Å². The number of benzene rings is 2. The van der Waals surface area contributed by atoms with Crippen molar-refractivity contribution in [2.75, 3.05) is 0 Å². The fraction of sp³-hybridized carbons (Fsp3) is 0.250. The van der Waals surface area contributed by atoms with Gasteiger partial charge < -0.3 is 0 Å². The van der Waals surface area contributed by atoms with Crippen LogP contribution in [0.3, 0.4) is 0 Å². The fourth-order valence-electron chi connectivity index (χ4n) is 1.72. The molecule has 0 aliphatic heterocycles. The zero-order valence-corrected chi connectivity index (χ0v) is 11.1. The Hall–Kier alpha value is -1.34. The van der Waals surface area contributed by atoms with Crippen molar-refractivity contribution >= 4 is 18.4 Å². The maximum atomic E-state index is 8.33. The maximum Gasteiger partial charge on any atom is 0.117 e. The molecule has 2 rings (SSSR count). The van der Waals surface area contributed by atoms with E-state index in [2.05, 4.69) is 0 Å². The Morgan fingerprint density at radius 2 is 1.18 bits per heavy atom. The lowest BCUT2D eigenvalue weighted by molar-refractivity contribution is 1.03. The summed E-state index contributed by atoms with van der Waals surface area (Å²) in [7, 11) is -3.33. The van der Waals surface area contributed by atoms with Gasteiger partial charge in [-0.3, -0.25) is 0 Å². The molecular formula is C16H20Si. The summed E-state index contributed by atoms with van der Waals surface area (Å²) in [4.78, 5) is 0. The van der Waals surface area contributed by atoms with Crippen molar-refractivity contribution in [3.8, 4) is 0 Å². The Labute approximate surface area is 119 Å². The molecule has 0 aliphatic rings. The predicted molar refractivity (Wildman–Crippen MR) is 78.9 cm³/mol. The molecule has 0 saturated heterocycles. The highest BCUT2D eigenvalue weighted by Gasteiger charge is 2.34. The molecule has 0 amide bonds. The third kappa shape index (κ3) is 2.20. The molecule has 0 fully saturated rings. The van der Waals surface area contributed by atoms with Crippen LogP contribution >= 0.6 is 0 Å². The first-order valence-corrected chi connectivity index (χ1v) is 8.02. The van der Waals surface area contributed by atoms with Crippen molar-refractivity contribution in [1.82, 2.24) is 0 Å². The van der Waals surface area contributed by atoms with E-state index in [4.69, 9.17) is 13.7 Å². The second-order valence-corrected chi connectivity index (χ2v) is 8.92. The smallest absolute Gasteiger partial charge is 0.0646 e. The van der Waals surface area contributed by atoms with Gasteiger partial charge in [0.15, 0.2) is 0 Å². The van der Waals surface area contributed by atoms with E-state index in [1.54, 1.807) is 20.4 Å². The average molecular weight is 250 g/mol. The number of hydrogen-bond acceptors (Lipinski definition) is 0. The van der Waals surface area contributed by atoms with Crippen molar-refractivity contribution in [3.63, 3.8) is 0 Å². The largest absolute Gasteiger partial charge is 0.117 e. The summed E-state index contributed by atoms with van der Waals surface area (Å²) >= 11 is 0. The van der Waals surface area contributed by atoms with Gasteiger partial charge in [-0.15, -0.1) is 0 Å². The van der Waals surface area contributed by atoms with Gasteiger partial charge in [0.05, 0.1) is 13.7 Å². The van der Waals surface area contributed by atoms with E-state index in [0.29, 0.717) is 0 Å². The van der Waals surface area contributed by atoms with Crippen molar-refractivity contribution in [2.24, 2.45) is 0 Å². The molecule has 0 saturated carbocycles. The van der Waals surface area contributed by atoms with Crippen LogP contribution in [0.1, 0.15) is 27.6 Å². The third-order valence-corrected chi connectivity index (χ3v) is 8.08. The standard InChI is InChI=1S/C16H20Si/c1-14(2)17(3,15-10-6-4-7-11-15)16-12-8-5-9-13-16/h4-14H,1-3H3/i4D,5D,6D,7D,8D,9D,10D,11D,12D,13D. The van der Waals surface area contributed by atoms with Crippen molar-refractivity contribution in [2.45, 2.75) is 25.9 Å². The monoisotopic (exact) mass is 250 g/mol. The fourth-order valence-corrected chi connectivity index (χ4v) is 4.42. The van der Waals surface area contributed by atoms with E-state index in [1.165, 1.54) is 0 Å². The summed E-state index contributed by atoms with van der Waals surface area (Å²) in [5, 5.41) is 0.115. The summed E-state index contributed by atoms with van der Waals surface area (Å²) in [5.41, 5.74) is -0.287. The van der Waals surface area contributed by atoms with Crippen molar-refractivity contribution in [1.29, 1.82) is 0 Å². The first-order valence-electron chi connectivity index (χ1n) is 10.4. The molecule has 2 aromatic carbocycles. The lowest BCUT2D eigenvalue weighted by Gasteiger charge is -2.32.